The summed E-state index contributed by atoms with van der Waals surface area (Å²) in [6.07, 6.45) is 0.320. The molecular weight excluding hydrogens is 348 g/mol. The number of likely N-dealkylation sites (N-methyl/N-ethyl adjacent to an activating group) is 1. The minimum Gasteiger partial charge on any atom is -0.486 e. The van der Waals surface area contributed by atoms with Crippen molar-refractivity contribution in [3.05, 3.63) is 18.2 Å². The standard InChI is InChI=1S/C19H26N4O4/c1-2-21-5-7-22(8-6-21)19(25)20-14-11-18(24)23(13-14)15-3-4-16-17(12-15)27-10-9-26-16/h3-4,12,14H,2,5-11,13H2,1H3,(H,20,25)/p+1/t14-/m0/s1. The Kier molecular flexibility index (Phi) is 5.07. The van der Waals surface area contributed by atoms with Crippen LogP contribution in [0.4, 0.5) is 10.5 Å². The maximum Gasteiger partial charge on any atom is 0.318 e. The van der Waals surface area contributed by atoms with Gasteiger partial charge in [-0.3, -0.25) is 4.79 Å². The second kappa shape index (κ2) is 7.64. The second-order valence-electron chi connectivity index (χ2n) is 7.27. The lowest BCUT2D eigenvalue weighted by Crippen LogP contribution is -3.14. The molecule has 2 fully saturated rings. The van der Waals surface area contributed by atoms with E-state index in [1.807, 2.05) is 23.1 Å². The van der Waals surface area contributed by atoms with E-state index in [0.29, 0.717) is 37.7 Å². The number of carbonyl (C=O) groups excluding carboxylic acids is 2. The topological polar surface area (TPSA) is 75.6 Å². The van der Waals surface area contributed by atoms with E-state index in [4.69, 9.17) is 9.47 Å². The van der Waals surface area contributed by atoms with Crippen molar-refractivity contribution in [1.29, 1.82) is 0 Å². The Bertz CT molecular complexity index is 718. The third-order valence-corrected chi connectivity index (χ3v) is 5.55. The molecule has 1 atom stereocenters. The van der Waals surface area contributed by atoms with Gasteiger partial charge in [0.25, 0.3) is 0 Å². The molecule has 3 aliphatic rings. The Morgan fingerprint density at radius 2 is 1.96 bits per heavy atom. The van der Waals surface area contributed by atoms with Crippen LogP contribution in [0.1, 0.15) is 13.3 Å². The minimum atomic E-state index is -0.172. The lowest BCUT2D eigenvalue weighted by Gasteiger charge is -2.32. The number of ether oxygens (including phenoxy) is 2. The van der Waals surface area contributed by atoms with Crippen LogP contribution in [0.5, 0.6) is 11.5 Å². The minimum absolute atomic E-state index is 0.0113. The zero-order valence-corrected chi connectivity index (χ0v) is 15.7. The molecule has 0 unspecified atom stereocenters. The summed E-state index contributed by atoms with van der Waals surface area (Å²) < 4.78 is 11.1. The van der Waals surface area contributed by atoms with Gasteiger partial charge in [0.05, 0.1) is 38.8 Å². The molecule has 1 aromatic carbocycles. The first-order chi connectivity index (χ1) is 13.1. The quantitative estimate of drug-likeness (QED) is 0.747. The first-order valence-corrected chi connectivity index (χ1v) is 9.73. The van der Waals surface area contributed by atoms with Gasteiger partial charge >= 0.3 is 6.03 Å². The largest absolute Gasteiger partial charge is 0.486 e. The summed E-state index contributed by atoms with van der Waals surface area (Å²) in [6, 6.07) is 5.30. The SMILES string of the molecule is CC[NH+]1CCN(C(=O)N[C@H]2CC(=O)N(c3ccc4c(c3)OCCO4)C2)CC1. The van der Waals surface area contributed by atoms with Crippen molar-refractivity contribution in [3.8, 4) is 11.5 Å². The van der Waals surface area contributed by atoms with Gasteiger partial charge in [-0.1, -0.05) is 0 Å². The number of fused-ring (bicyclic) bond motifs is 1. The van der Waals surface area contributed by atoms with Gasteiger partial charge in [-0.2, -0.15) is 0 Å². The Balaban J connectivity index is 1.36. The summed E-state index contributed by atoms with van der Waals surface area (Å²) in [5, 5.41) is 3.03. The fourth-order valence-corrected chi connectivity index (χ4v) is 3.90. The van der Waals surface area contributed by atoms with Crippen LogP contribution in [0.3, 0.4) is 0 Å². The molecule has 3 aliphatic heterocycles. The van der Waals surface area contributed by atoms with E-state index in [1.165, 1.54) is 4.90 Å². The van der Waals surface area contributed by atoms with E-state index in [9.17, 15) is 9.59 Å². The van der Waals surface area contributed by atoms with Crippen LogP contribution in [0, 0.1) is 0 Å². The van der Waals surface area contributed by atoms with Crippen LogP contribution in [-0.4, -0.2) is 75.4 Å². The Morgan fingerprint density at radius 3 is 2.70 bits per heavy atom. The molecule has 0 radical (unpaired) electrons. The van der Waals surface area contributed by atoms with E-state index in [0.717, 1.165) is 38.4 Å². The number of nitrogens with zero attached hydrogens (tertiary/aromatic N) is 2. The van der Waals surface area contributed by atoms with E-state index in [-0.39, 0.29) is 18.0 Å². The molecular formula is C19H27N4O4+. The van der Waals surface area contributed by atoms with Gasteiger partial charge in [0, 0.05) is 24.7 Å². The monoisotopic (exact) mass is 375 g/mol. The van der Waals surface area contributed by atoms with Crippen molar-refractivity contribution in [1.82, 2.24) is 10.2 Å². The van der Waals surface area contributed by atoms with Gasteiger partial charge in [-0.15, -0.1) is 0 Å². The van der Waals surface area contributed by atoms with Crippen LogP contribution < -0.4 is 24.6 Å². The zero-order valence-electron chi connectivity index (χ0n) is 15.7. The van der Waals surface area contributed by atoms with Gasteiger partial charge in [0.2, 0.25) is 5.91 Å². The van der Waals surface area contributed by atoms with Gasteiger partial charge in [0.15, 0.2) is 11.5 Å². The molecule has 8 heteroatoms. The summed E-state index contributed by atoms with van der Waals surface area (Å²) >= 11 is 0. The van der Waals surface area contributed by atoms with Crippen LogP contribution in [0.25, 0.3) is 0 Å². The van der Waals surface area contributed by atoms with Crippen LogP contribution in [-0.2, 0) is 4.79 Å². The highest BCUT2D eigenvalue weighted by atomic mass is 16.6. The first kappa shape index (κ1) is 17.9. The van der Waals surface area contributed by atoms with Gasteiger partial charge in [-0.05, 0) is 19.1 Å². The predicted octanol–water partition coefficient (Wildman–Crippen LogP) is -0.507. The number of urea groups is 1. The van der Waals surface area contributed by atoms with E-state index in [2.05, 4.69) is 12.2 Å². The number of piperazine rings is 1. The molecule has 0 aromatic heterocycles. The lowest BCUT2D eigenvalue weighted by molar-refractivity contribution is -0.902. The molecule has 146 valence electrons. The Morgan fingerprint density at radius 1 is 1.22 bits per heavy atom. The van der Waals surface area contributed by atoms with Crippen LogP contribution in [0.2, 0.25) is 0 Å². The third-order valence-electron chi connectivity index (χ3n) is 5.55. The average Bonchev–Trinajstić information content (AvgIpc) is 3.07. The number of amides is 3. The number of benzene rings is 1. The van der Waals surface area contributed by atoms with E-state index < -0.39 is 0 Å². The molecule has 0 aliphatic carbocycles. The van der Waals surface area contributed by atoms with Crippen molar-refractivity contribution in [2.75, 3.05) is 57.4 Å². The smallest absolute Gasteiger partial charge is 0.318 e. The fraction of sp³-hybridized carbons (Fsp3) is 0.579. The molecule has 0 spiro atoms. The molecule has 0 saturated carbocycles. The van der Waals surface area contributed by atoms with Gasteiger partial charge < -0.3 is 29.5 Å². The Labute approximate surface area is 159 Å². The molecule has 1 aromatic rings. The summed E-state index contributed by atoms with van der Waals surface area (Å²) in [5.41, 5.74) is 0.779. The maximum absolute atomic E-state index is 12.5. The molecule has 27 heavy (non-hydrogen) atoms. The number of hydrogen-bond acceptors (Lipinski definition) is 4. The summed E-state index contributed by atoms with van der Waals surface area (Å²) in [6.45, 7) is 8.28. The number of quaternary nitrogens is 1. The van der Waals surface area contributed by atoms with Crippen LogP contribution in [0.15, 0.2) is 18.2 Å². The number of rotatable bonds is 3. The highest BCUT2D eigenvalue weighted by Crippen LogP contribution is 2.35. The normalized spacial score (nSPS) is 22.9. The van der Waals surface area contributed by atoms with Crippen LogP contribution >= 0.6 is 0 Å². The number of anilines is 1. The third kappa shape index (κ3) is 3.80. The summed E-state index contributed by atoms with van der Waals surface area (Å²) in [7, 11) is 0. The fourth-order valence-electron chi connectivity index (χ4n) is 3.90. The number of hydrogen-bond donors (Lipinski definition) is 2. The Hall–Kier alpha value is -2.48. The second-order valence-corrected chi connectivity index (χ2v) is 7.27. The zero-order chi connectivity index (χ0) is 18.8. The molecule has 2 N–H and O–H groups in total. The molecule has 2 saturated heterocycles. The lowest BCUT2D eigenvalue weighted by atomic mass is 10.2. The highest BCUT2D eigenvalue weighted by molar-refractivity contribution is 5.97. The predicted molar refractivity (Wildman–Crippen MR) is 99.5 cm³/mol. The van der Waals surface area contributed by atoms with Crippen molar-refractivity contribution < 1.29 is 24.0 Å². The van der Waals surface area contributed by atoms with Gasteiger partial charge in [-0.25, -0.2) is 4.79 Å². The molecule has 4 rings (SSSR count). The first-order valence-electron chi connectivity index (χ1n) is 9.73. The van der Waals surface area contributed by atoms with Crippen molar-refractivity contribution in [3.63, 3.8) is 0 Å². The van der Waals surface area contributed by atoms with Crippen molar-refractivity contribution >= 4 is 17.6 Å². The van der Waals surface area contributed by atoms with Crippen molar-refractivity contribution in [2.45, 2.75) is 19.4 Å². The molecule has 3 heterocycles. The highest BCUT2D eigenvalue weighted by Gasteiger charge is 2.34. The number of nitrogens with one attached hydrogen (secondary N) is 2. The summed E-state index contributed by atoms with van der Waals surface area (Å²) in [5.74, 6) is 1.38. The van der Waals surface area contributed by atoms with E-state index >= 15 is 0 Å². The van der Waals surface area contributed by atoms with E-state index in [1.54, 1.807) is 4.90 Å². The summed E-state index contributed by atoms with van der Waals surface area (Å²) in [4.78, 5) is 30.1. The molecule has 0 bridgehead atoms. The molecule has 3 amide bonds. The van der Waals surface area contributed by atoms with Crippen molar-refractivity contribution in [2.24, 2.45) is 0 Å². The number of carbonyl (C=O) groups is 2. The molecule has 8 nitrogen and oxygen atoms in total. The average molecular weight is 375 g/mol. The van der Waals surface area contributed by atoms with Gasteiger partial charge in [0.1, 0.15) is 13.2 Å². The maximum atomic E-state index is 12.5.